The quantitative estimate of drug-likeness (QED) is 0.410. The van der Waals surface area contributed by atoms with E-state index in [4.69, 9.17) is 9.47 Å². The molecular formula is C24H28F6N4O5S. The summed E-state index contributed by atoms with van der Waals surface area (Å²) < 4.78 is 120. The summed E-state index contributed by atoms with van der Waals surface area (Å²) in [5.41, 5.74) is -0.839. The zero-order chi connectivity index (χ0) is 29.8. The van der Waals surface area contributed by atoms with E-state index >= 15 is 0 Å². The monoisotopic (exact) mass is 598 g/mol. The van der Waals surface area contributed by atoms with E-state index in [9.17, 15) is 39.6 Å². The molecule has 2 aromatic rings. The molecule has 3 heterocycles. The van der Waals surface area contributed by atoms with E-state index in [-0.39, 0.29) is 37.8 Å². The first-order chi connectivity index (χ1) is 18.3. The molecule has 0 unspecified atom stereocenters. The Balaban J connectivity index is 1.66. The van der Waals surface area contributed by atoms with Crippen molar-refractivity contribution >= 4 is 16.1 Å². The number of carbonyl (C=O) groups is 1. The first-order valence-electron chi connectivity index (χ1n) is 12.2. The number of alkyl halides is 3. The summed E-state index contributed by atoms with van der Waals surface area (Å²) in [6.45, 7) is 4.26. The van der Waals surface area contributed by atoms with Crippen LogP contribution < -0.4 is 5.32 Å². The van der Waals surface area contributed by atoms with Gasteiger partial charge in [-0.05, 0) is 33.3 Å². The number of halogens is 6. The summed E-state index contributed by atoms with van der Waals surface area (Å²) in [4.78, 5) is 13.7. The van der Waals surface area contributed by atoms with E-state index in [1.165, 1.54) is 11.1 Å². The number of aromatic nitrogens is 2. The lowest BCUT2D eigenvalue weighted by Gasteiger charge is -2.45. The van der Waals surface area contributed by atoms with Gasteiger partial charge >= 0.3 is 12.3 Å². The number of nitrogens with one attached hydrogen (secondary N) is 1. The van der Waals surface area contributed by atoms with Crippen LogP contribution in [0.2, 0.25) is 0 Å². The molecule has 2 aliphatic rings. The number of benzene rings is 1. The lowest BCUT2D eigenvalue weighted by Crippen LogP contribution is -2.56. The Hall–Kier alpha value is -2.85. The zero-order valence-electron chi connectivity index (χ0n) is 21.9. The van der Waals surface area contributed by atoms with Crippen LogP contribution in [0.1, 0.15) is 50.1 Å². The second-order valence-electron chi connectivity index (χ2n) is 10.9. The smallest absolute Gasteiger partial charge is 0.416 e. The van der Waals surface area contributed by atoms with Crippen molar-refractivity contribution in [3.8, 4) is 0 Å². The highest BCUT2D eigenvalue weighted by atomic mass is 32.2. The molecule has 1 amide bonds. The van der Waals surface area contributed by atoms with E-state index in [2.05, 4.69) is 10.4 Å². The first-order valence-corrected chi connectivity index (χ1v) is 14.0. The number of fused-ring (bicyclic) bond motifs is 1. The Bertz CT molecular complexity index is 1370. The standard InChI is InChI=1S/C24H28F6N4O5S/c1-23(2,3)39-22(35)31-8-12-5-19(33-9-13-10-34(40(4,36)37)32-18(13)11-33)21(24(28,29)30)38-20(12)14-6-16(26)17(27)7-15(14)25/h6-7,10,12,19-21H,5,8-9,11H2,1-4H3,(H,31,35)/t12-,19-,20+,21+/m1/s1. The van der Waals surface area contributed by atoms with Crippen LogP contribution in [0.4, 0.5) is 31.1 Å². The third-order valence-corrected chi connectivity index (χ3v) is 7.45. The Morgan fingerprint density at radius 2 is 1.77 bits per heavy atom. The molecule has 9 nitrogen and oxygen atoms in total. The number of amides is 1. The van der Waals surface area contributed by atoms with Gasteiger partial charge in [0, 0.05) is 55.0 Å². The van der Waals surface area contributed by atoms with Gasteiger partial charge in [0.25, 0.3) is 10.0 Å². The molecule has 0 saturated carbocycles. The molecule has 16 heteroatoms. The molecule has 1 aromatic carbocycles. The normalized spacial score (nSPS) is 24.1. The topological polar surface area (TPSA) is 103 Å². The van der Waals surface area contributed by atoms with Gasteiger partial charge < -0.3 is 14.8 Å². The summed E-state index contributed by atoms with van der Waals surface area (Å²) in [5, 5.41) is 6.41. The Labute approximate surface area is 226 Å². The lowest BCUT2D eigenvalue weighted by molar-refractivity contribution is -0.275. The molecule has 1 N–H and O–H groups in total. The minimum Gasteiger partial charge on any atom is -0.444 e. The second-order valence-corrected chi connectivity index (χ2v) is 12.7. The molecule has 1 saturated heterocycles. The van der Waals surface area contributed by atoms with Gasteiger partial charge in [-0.25, -0.2) is 26.4 Å². The van der Waals surface area contributed by atoms with Gasteiger partial charge in [-0.1, -0.05) is 0 Å². The lowest BCUT2D eigenvalue weighted by atomic mass is 9.83. The number of carbonyl (C=O) groups excluding carboxylic acids is 1. The van der Waals surface area contributed by atoms with Crippen molar-refractivity contribution in [2.75, 3.05) is 12.8 Å². The van der Waals surface area contributed by atoms with Gasteiger partial charge in [-0.3, -0.25) is 4.90 Å². The minimum absolute atomic E-state index is 0.0815. The summed E-state index contributed by atoms with van der Waals surface area (Å²) in [6.07, 6.45) is -8.17. The van der Waals surface area contributed by atoms with Crippen LogP contribution >= 0.6 is 0 Å². The molecule has 40 heavy (non-hydrogen) atoms. The van der Waals surface area contributed by atoms with Crippen molar-refractivity contribution in [3.05, 3.63) is 52.6 Å². The number of alkyl carbamates (subject to hydrolysis) is 1. The van der Waals surface area contributed by atoms with Crippen LogP contribution in [0, 0.1) is 23.4 Å². The minimum atomic E-state index is -4.95. The summed E-state index contributed by atoms with van der Waals surface area (Å²) in [6, 6.07) is -0.694. The van der Waals surface area contributed by atoms with Crippen LogP contribution in [0.25, 0.3) is 0 Å². The van der Waals surface area contributed by atoms with Crippen molar-refractivity contribution in [1.82, 2.24) is 19.4 Å². The Morgan fingerprint density at radius 1 is 1.12 bits per heavy atom. The molecule has 0 radical (unpaired) electrons. The van der Waals surface area contributed by atoms with Crippen molar-refractivity contribution in [1.29, 1.82) is 0 Å². The van der Waals surface area contributed by atoms with Gasteiger partial charge in [0.05, 0.1) is 18.1 Å². The summed E-state index contributed by atoms with van der Waals surface area (Å²) in [5.74, 6) is -5.33. The van der Waals surface area contributed by atoms with E-state index in [0.717, 1.165) is 10.3 Å². The number of nitrogens with zero attached hydrogens (tertiary/aromatic N) is 3. The van der Waals surface area contributed by atoms with Gasteiger partial charge in [0.2, 0.25) is 0 Å². The molecular weight excluding hydrogens is 570 g/mol. The fourth-order valence-electron chi connectivity index (χ4n) is 4.91. The molecule has 0 spiro atoms. The molecule has 4 rings (SSSR count). The van der Waals surface area contributed by atoms with Gasteiger partial charge in [0.15, 0.2) is 17.7 Å². The highest BCUT2D eigenvalue weighted by Crippen LogP contribution is 2.45. The highest BCUT2D eigenvalue weighted by molar-refractivity contribution is 7.89. The fraction of sp³-hybridized carbons (Fsp3) is 0.583. The van der Waals surface area contributed by atoms with E-state index in [1.807, 2.05) is 0 Å². The molecule has 1 fully saturated rings. The Morgan fingerprint density at radius 3 is 2.35 bits per heavy atom. The molecule has 2 aliphatic heterocycles. The SMILES string of the molecule is CC(C)(C)OC(=O)NC[C@H]1C[C@@H](N2Cc3cn(S(C)(=O)=O)nc3C2)[C@@H](C(F)(F)F)O[C@@H]1c1cc(F)c(F)cc1F. The number of rotatable bonds is 5. The maximum Gasteiger partial charge on any atom is 0.416 e. The van der Waals surface area contributed by atoms with Crippen molar-refractivity contribution < 1.29 is 49.0 Å². The van der Waals surface area contributed by atoms with Crippen molar-refractivity contribution in [3.63, 3.8) is 0 Å². The average molecular weight is 599 g/mol. The average Bonchev–Trinajstić information content (AvgIpc) is 3.37. The predicted octanol–water partition coefficient (Wildman–Crippen LogP) is 4.03. The maximum absolute atomic E-state index is 14.8. The van der Waals surface area contributed by atoms with Crippen LogP contribution in [0.5, 0.6) is 0 Å². The molecule has 0 bridgehead atoms. The highest BCUT2D eigenvalue weighted by Gasteiger charge is 2.54. The van der Waals surface area contributed by atoms with Gasteiger partial charge in [-0.2, -0.15) is 22.4 Å². The van der Waals surface area contributed by atoms with Gasteiger partial charge in [-0.15, -0.1) is 0 Å². The predicted molar refractivity (Wildman–Crippen MR) is 128 cm³/mol. The number of ether oxygens (including phenoxy) is 2. The van der Waals surface area contributed by atoms with Crippen LogP contribution in [-0.4, -0.2) is 65.3 Å². The van der Waals surface area contributed by atoms with E-state index < -0.39 is 75.1 Å². The third-order valence-electron chi connectivity index (χ3n) is 6.58. The van der Waals surface area contributed by atoms with Crippen LogP contribution in [0.3, 0.4) is 0 Å². The fourth-order valence-corrected chi connectivity index (χ4v) is 5.48. The second kappa shape index (κ2) is 10.5. The molecule has 0 aliphatic carbocycles. The third kappa shape index (κ3) is 6.54. The van der Waals surface area contributed by atoms with Gasteiger partial charge in [0.1, 0.15) is 11.4 Å². The molecule has 222 valence electrons. The first kappa shape index (κ1) is 30.1. The molecule has 1 aromatic heterocycles. The van der Waals surface area contributed by atoms with Crippen molar-refractivity contribution in [2.24, 2.45) is 5.92 Å². The van der Waals surface area contributed by atoms with E-state index in [0.29, 0.717) is 11.6 Å². The number of hydrogen-bond donors (Lipinski definition) is 1. The number of hydrogen-bond acceptors (Lipinski definition) is 7. The Kier molecular flexibility index (Phi) is 7.92. The largest absolute Gasteiger partial charge is 0.444 e. The van der Waals surface area contributed by atoms with Crippen LogP contribution in [0.15, 0.2) is 18.3 Å². The van der Waals surface area contributed by atoms with E-state index in [1.54, 1.807) is 20.8 Å². The molecule has 4 atom stereocenters. The summed E-state index contributed by atoms with van der Waals surface area (Å²) in [7, 11) is -3.71. The van der Waals surface area contributed by atoms with Crippen LogP contribution in [-0.2, 0) is 32.6 Å². The summed E-state index contributed by atoms with van der Waals surface area (Å²) >= 11 is 0. The zero-order valence-corrected chi connectivity index (χ0v) is 22.7. The maximum atomic E-state index is 14.8. The van der Waals surface area contributed by atoms with Crippen molar-refractivity contribution in [2.45, 2.75) is 70.3 Å².